The molecule has 4 aliphatic rings. The molecule has 23 heavy (non-hydrogen) atoms. The summed E-state index contributed by atoms with van der Waals surface area (Å²) in [6, 6.07) is 0. The quantitative estimate of drug-likeness (QED) is 0.722. The van der Waals surface area contributed by atoms with E-state index in [2.05, 4.69) is 4.74 Å². The Morgan fingerprint density at radius 2 is 1.78 bits per heavy atom. The molecule has 7 heteroatoms. The van der Waals surface area contributed by atoms with Gasteiger partial charge in [-0.05, 0) is 44.9 Å². The van der Waals surface area contributed by atoms with Gasteiger partial charge in [-0.2, -0.15) is 8.78 Å². The molecular formula is C16H20F2O5. The Hall–Kier alpha value is -1.53. The van der Waals surface area contributed by atoms with Crippen molar-refractivity contribution in [1.82, 2.24) is 0 Å². The van der Waals surface area contributed by atoms with E-state index in [1.54, 1.807) is 0 Å². The lowest BCUT2D eigenvalue weighted by atomic mass is 9.53. The van der Waals surface area contributed by atoms with E-state index in [0.717, 1.165) is 19.3 Å². The van der Waals surface area contributed by atoms with E-state index in [1.807, 2.05) is 0 Å². The molecule has 0 spiro atoms. The monoisotopic (exact) mass is 330 g/mol. The van der Waals surface area contributed by atoms with Crippen LogP contribution in [0, 0.1) is 23.7 Å². The van der Waals surface area contributed by atoms with Crippen molar-refractivity contribution in [2.24, 2.45) is 23.7 Å². The second-order valence-electron chi connectivity index (χ2n) is 7.18. The number of rotatable bonds is 5. The minimum atomic E-state index is -3.20. The van der Waals surface area contributed by atoms with Crippen LogP contribution >= 0.6 is 0 Å². The Morgan fingerprint density at radius 1 is 1.17 bits per heavy atom. The van der Waals surface area contributed by atoms with Crippen LogP contribution in [0.5, 0.6) is 0 Å². The molecule has 128 valence electrons. The first kappa shape index (κ1) is 16.3. The summed E-state index contributed by atoms with van der Waals surface area (Å²) in [6.07, 6.45) is 0.462. The normalized spacial score (nSPS) is 36.2. The Balaban J connectivity index is 1.57. The Labute approximate surface area is 132 Å². The molecule has 0 aromatic rings. The second kappa shape index (κ2) is 5.83. The number of ether oxygens (including phenoxy) is 2. The smallest absolute Gasteiger partial charge is 0.373 e. The third-order valence-corrected chi connectivity index (χ3v) is 5.31. The van der Waals surface area contributed by atoms with Crippen LogP contribution in [-0.4, -0.2) is 36.4 Å². The van der Waals surface area contributed by atoms with Crippen LogP contribution in [0.15, 0.2) is 0 Å². The van der Waals surface area contributed by atoms with Crippen LogP contribution in [0.3, 0.4) is 0 Å². The number of halogens is 2. The van der Waals surface area contributed by atoms with E-state index in [9.17, 15) is 23.2 Å². The molecule has 0 aliphatic heterocycles. The highest BCUT2D eigenvalue weighted by molar-refractivity contribution is 5.86. The molecule has 0 aromatic carbocycles. The van der Waals surface area contributed by atoms with Crippen molar-refractivity contribution in [1.29, 1.82) is 0 Å². The van der Waals surface area contributed by atoms with Crippen molar-refractivity contribution < 1.29 is 32.6 Å². The number of hydrogen-bond donors (Lipinski definition) is 0. The lowest BCUT2D eigenvalue weighted by Crippen LogP contribution is -2.57. The van der Waals surface area contributed by atoms with Crippen LogP contribution in [0.1, 0.15) is 39.0 Å². The molecule has 0 heterocycles. The van der Waals surface area contributed by atoms with Crippen molar-refractivity contribution in [3.05, 3.63) is 0 Å². The largest absolute Gasteiger partial charge is 0.461 e. The van der Waals surface area contributed by atoms with Crippen LogP contribution in [0.2, 0.25) is 0 Å². The Bertz CT molecular complexity index is 515. The standard InChI is InChI=1S/C16H20F2O5/c1-8(7-22-15(21)13(17)18)14(20)23-16-4-9-2-10(5-16)12(19)11(3-9)6-16/h8-11,13H,2-7H2,1H3. The van der Waals surface area contributed by atoms with E-state index in [1.165, 1.54) is 6.92 Å². The maximum Gasteiger partial charge on any atom is 0.373 e. The Kier molecular flexibility index (Phi) is 4.14. The van der Waals surface area contributed by atoms with Gasteiger partial charge in [0.1, 0.15) is 18.0 Å². The first-order chi connectivity index (χ1) is 10.8. The van der Waals surface area contributed by atoms with Gasteiger partial charge in [0.2, 0.25) is 0 Å². The van der Waals surface area contributed by atoms with Crippen LogP contribution in [0.25, 0.3) is 0 Å². The topological polar surface area (TPSA) is 69.7 Å². The fraction of sp³-hybridized carbons (Fsp3) is 0.812. The summed E-state index contributed by atoms with van der Waals surface area (Å²) in [6.45, 7) is 1.06. The molecule has 0 radical (unpaired) electrons. The van der Waals surface area contributed by atoms with E-state index in [4.69, 9.17) is 4.74 Å². The Morgan fingerprint density at radius 3 is 2.35 bits per heavy atom. The number of Topliss-reactive ketones (excluding diaryl/α,β-unsaturated/α-hetero) is 1. The minimum absolute atomic E-state index is 0.0129. The predicted octanol–water partition coefficient (Wildman–Crippen LogP) is 2.12. The molecular weight excluding hydrogens is 310 g/mol. The SMILES string of the molecule is CC(COC(=O)C(F)F)C(=O)OC12CC3CC(C1)C(=O)C(C3)C2. The summed E-state index contributed by atoms with van der Waals surface area (Å²) in [5.74, 6) is -2.30. The maximum atomic E-state index is 12.2. The predicted molar refractivity (Wildman–Crippen MR) is 73.5 cm³/mol. The van der Waals surface area contributed by atoms with Gasteiger partial charge in [-0.3, -0.25) is 9.59 Å². The number of ketones is 1. The van der Waals surface area contributed by atoms with Gasteiger partial charge in [-0.25, -0.2) is 4.79 Å². The fourth-order valence-electron chi connectivity index (χ4n) is 4.45. The molecule has 4 saturated carbocycles. The maximum absolute atomic E-state index is 12.2. The zero-order chi connectivity index (χ0) is 16.8. The van der Waals surface area contributed by atoms with Gasteiger partial charge in [0.15, 0.2) is 0 Å². The van der Waals surface area contributed by atoms with E-state index in [0.29, 0.717) is 24.5 Å². The van der Waals surface area contributed by atoms with Crippen molar-refractivity contribution in [2.45, 2.75) is 51.1 Å². The van der Waals surface area contributed by atoms with E-state index < -0.39 is 36.5 Å². The lowest BCUT2D eigenvalue weighted by Gasteiger charge is -2.54. The summed E-state index contributed by atoms with van der Waals surface area (Å²) >= 11 is 0. The molecule has 0 saturated heterocycles. The first-order valence-corrected chi connectivity index (χ1v) is 8.01. The highest BCUT2D eigenvalue weighted by atomic mass is 19.3. The zero-order valence-electron chi connectivity index (χ0n) is 12.9. The summed E-state index contributed by atoms with van der Waals surface area (Å²) in [5, 5.41) is 0. The van der Waals surface area contributed by atoms with Gasteiger partial charge in [0.05, 0.1) is 5.92 Å². The molecule has 5 nitrogen and oxygen atoms in total. The fourth-order valence-corrected chi connectivity index (χ4v) is 4.45. The van der Waals surface area contributed by atoms with Crippen LogP contribution in [0.4, 0.5) is 8.78 Å². The highest BCUT2D eigenvalue weighted by Gasteiger charge is 2.57. The summed E-state index contributed by atoms with van der Waals surface area (Å²) in [7, 11) is 0. The number of alkyl halides is 2. The first-order valence-electron chi connectivity index (χ1n) is 8.01. The van der Waals surface area contributed by atoms with Crippen LogP contribution in [-0.2, 0) is 23.9 Å². The van der Waals surface area contributed by atoms with Crippen molar-refractivity contribution >= 4 is 17.7 Å². The molecule has 0 N–H and O–H groups in total. The molecule has 3 unspecified atom stereocenters. The second-order valence-corrected chi connectivity index (χ2v) is 7.18. The molecule has 3 atom stereocenters. The average Bonchev–Trinajstić information content (AvgIpc) is 2.48. The zero-order valence-corrected chi connectivity index (χ0v) is 12.9. The number of carbonyl (C=O) groups is 3. The molecule has 0 amide bonds. The van der Waals surface area contributed by atoms with Crippen LogP contribution < -0.4 is 0 Å². The van der Waals surface area contributed by atoms with Gasteiger partial charge in [0, 0.05) is 11.8 Å². The summed E-state index contributed by atoms with van der Waals surface area (Å²) < 4.78 is 34.2. The number of carbonyl (C=O) groups excluding carboxylic acids is 3. The molecule has 0 aromatic heterocycles. The molecule has 4 rings (SSSR count). The van der Waals surface area contributed by atoms with Gasteiger partial charge >= 0.3 is 18.4 Å². The minimum Gasteiger partial charge on any atom is -0.461 e. The number of hydrogen-bond acceptors (Lipinski definition) is 5. The summed E-state index contributed by atoms with van der Waals surface area (Å²) in [4.78, 5) is 35.1. The summed E-state index contributed by atoms with van der Waals surface area (Å²) in [5.41, 5.74) is -0.595. The van der Waals surface area contributed by atoms with Crippen molar-refractivity contribution in [2.75, 3.05) is 6.61 Å². The molecule has 4 aliphatic carbocycles. The van der Waals surface area contributed by atoms with E-state index >= 15 is 0 Å². The molecule has 4 fully saturated rings. The number of esters is 2. The third kappa shape index (κ3) is 3.10. The molecule has 4 bridgehead atoms. The third-order valence-electron chi connectivity index (χ3n) is 5.31. The average molecular weight is 330 g/mol. The lowest BCUT2D eigenvalue weighted by molar-refractivity contribution is -0.194. The van der Waals surface area contributed by atoms with Crippen molar-refractivity contribution in [3.8, 4) is 0 Å². The van der Waals surface area contributed by atoms with E-state index in [-0.39, 0.29) is 11.8 Å². The van der Waals surface area contributed by atoms with Gasteiger partial charge in [-0.1, -0.05) is 0 Å². The van der Waals surface area contributed by atoms with Gasteiger partial charge < -0.3 is 9.47 Å². The van der Waals surface area contributed by atoms with Gasteiger partial charge in [0.25, 0.3) is 0 Å². The van der Waals surface area contributed by atoms with Gasteiger partial charge in [-0.15, -0.1) is 0 Å². The highest BCUT2D eigenvalue weighted by Crippen LogP contribution is 2.55. The van der Waals surface area contributed by atoms with Crippen molar-refractivity contribution in [3.63, 3.8) is 0 Å².